The molecule has 0 atom stereocenters. The van der Waals surface area contributed by atoms with E-state index in [1.165, 1.54) is 7.11 Å². The normalized spacial score (nSPS) is 11.4. The predicted molar refractivity (Wildman–Crippen MR) is 101 cm³/mol. The van der Waals surface area contributed by atoms with Gasteiger partial charge >= 0.3 is 5.97 Å². The third-order valence-corrected chi connectivity index (χ3v) is 5.34. The van der Waals surface area contributed by atoms with E-state index in [0.717, 1.165) is 24.3 Å². The van der Waals surface area contributed by atoms with Gasteiger partial charge in [0.1, 0.15) is 5.82 Å². The molecule has 0 amide bonds. The zero-order valence-corrected chi connectivity index (χ0v) is 16.3. The molecular formula is C19H18FN3O5S. The van der Waals surface area contributed by atoms with Crippen LogP contribution in [-0.2, 0) is 25.5 Å². The number of ether oxygens (including phenoxy) is 1. The highest BCUT2D eigenvalue weighted by molar-refractivity contribution is 7.86. The van der Waals surface area contributed by atoms with E-state index < -0.39 is 21.9 Å². The Bertz CT molecular complexity index is 1080. The average Bonchev–Trinajstić information content (AvgIpc) is 3.20. The molecule has 152 valence electrons. The van der Waals surface area contributed by atoms with Gasteiger partial charge in [-0.1, -0.05) is 5.21 Å². The number of rotatable bonds is 8. The molecule has 29 heavy (non-hydrogen) atoms. The highest BCUT2D eigenvalue weighted by Crippen LogP contribution is 2.14. The van der Waals surface area contributed by atoms with E-state index in [9.17, 15) is 17.6 Å². The third kappa shape index (κ3) is 5.24. The van der Waals surface area contributed by atoms with Gasteiger partial charge in [-0.05, 0) is 61.4 Å². The van der Waals surface area contributed by atoms with Crippen LogP contribution in [0.25, 0.3) is 5.69 Å². The number of carbonyl (C=O) groups excluding carboxylic acids is 1. The average molecular weight is 419 g/mol. The molecule has 10 heteroatoms. The predicted octanol–water partition coefficient (Wildman–Crippen LogP) is 2.53. The summed E-state index contributed by atoms with van der Waals surface area (Å²) in [7, 11) is -2.61. The topological polar surface area (TPSA) is 100 Å². The minimum atomic E-state index is -3.93. The number of hydrogen-bond acceptors (Lipinski definition) is 7. The van der Waals surface area contributed by atoms with Gasteiger partial charge in [0.25, 0.3) is 10.1 Å². The summed E-state index contributed by atoms with van der Waals surface area (Å²) in [6, 6.07) is 11.1. The van der Waals surface area contributed by atoms with Gasteiger partial charge in [0.15, 0.2) is 0 Å². The van der Waals surface area contributed by atoms with Crippen LogP contribution < -0.4 is 0 Å². The number of benzene rings is 2. The molecular weight excluding hydrogens is 401 g/mol. The van der Waals surface area contributed by atoms with Gasteiger partial charge in [0.2, 0.25) is 0 Å². The third-order valence-electron chi connectivity index (χ3n) is 4.01. The second-order valence-corrected chi connectivity index (χ2v) is 7.64. The molecule has 8 nitrogen and oxygen atoms in total. The number of halogens is 1. The highest BCUT2D eigenvalue weighted by Gasteiger charge is 2.15. The Morgan fingerprint density at radius 1 is 1.10 bits per heavy atom. The van der Waals surface area contributed by atoms with Crippen molar-refractivity contribution in [2.24, 2.45) is 0 Å². The molecule has 0 spiro atoms. The second kappa shape index (κ2) is 8.93. The monoisotopic (exact) mass is 419 g/mol. The zero-order chi connectivity index (χ0) is 20.9. The summed E-state index contributed by atoms with van der Waals surface area (Å²) in [4.78, 5) is 11.4. The molecule has 0 aliphatic rings. The first kappa shape index (κ1) is 20.6. The van der Waals surface area contributed by atoms with Crippen LogP contribution in [0.3, 0.4) is 0 Å². The molecule has 0 fully saturated rings. The second-order valence-electron chi connectivity index (χ2n) is 6.03. The maximum Gasteiger partial charge on any atom is 0.337 e. The van der Waals surface area contributed by atoms with Crippen LogP contribution in [0, 0.1) is 5.82 Å². The van der Waals surface area contributed by atoms with Crippen LogP contribution in [0.4, 0.5) is 4.39 Å². The van der Waals surface area contributed by atoms with E-state index in [1.54, 1.807) is 35.1 Å². The molecule has 0 radical (unpaired) electrons. The van der Waals surface area contributed by atoms with Crippen LogP contribution in [0.5, 0.6) is 0 Å². The smallest absolute Gasteiger partial charge is 0.337 e. The number of carbonyl (C=O) groups is 1. The molecule has 0 N–H and O–H groups in total. The van der Waals surface area contributed by atoms with Gasteiger partial charge in [0, 0.05) is 0 Å². The summed E-state index contributed by atoms with van der Waals surface area (Å²) < 4.78 is 48.1. The fourth-order valence-corrected chi connectivity index (χ4v) is 3.44. The summed E-state index contributed by atoms with van der Waals surface area (Å²) in [5, 5.41) is 8.06. The van der Waals surface area contributed by atoms with Gasteiger partial charge in [-0.2, -0.15) is 8.42 Å². The molecule has 3 rings (SSSR count). The first-order valence-electron chi connectivity index (χ1n) is 8.64. The van der Waals surface area contributed by atoms with Gasteiger partial charge in [0.05, 0.1) is 41.8 Å². The number of hydrogen-bond donors (Lipinski definition) is 0. The molecule has 0 bridgehead atoms. The van der Waals surface area contributed by atoms with E-state index in [-0.39, 0.29) is 11.5 Å². The Hall–Kier alpha value is -3.11. The Balaban J connectivity index is 1.53. The van der Waals surface area contributed by atoms with Gasteiger partial charge in [-0.15, -0.1) is 5.10 Å². The minimum Gasteiger partial charge on any atom is -0.465 e. The van der Waals surface area contributed by atoms with Crippen molar-refractivity contribution in [1.82, 2.24) is 15.0 Å². The van der Waals surface area contributed by atoms with Crippen LogP contribution in [0.1, 0.15) is 22.5 Å². The van der Waals surface area contributed by atoms with Crippen LogP contribution >= 0.6 is 0 Å². The Kier molecular flexibility index (Phi) is 6.35. The fourth-order valence-electron chi connectivity index (χ4n) is 2.50. The lowest BCUT2D eigenvalue weighted by Crippen LogP contribution is -2.08. The van der Waals surface area contributed by atoms with Crippen LogP contribution in [0.15, 0.2) is 59.6 Å². The Morgan fingerprint density at radius 3 is 2.45 bits per heavy atom. The lowest BCUT2D eigenvalue weighted by molar-refractivity contribution is 0.0600. The van der Waals surface area contributed by atoms with Crippen molar-refractivity contribution in [3.63, 3.8) is 0 Å². The quantitative estimate of drug-likeness (QED) is 0.314. The van der Waals surface area contributed by atoms with Crippen molar-refractivity contribution < 1.29 is 26.5 Å². The molecule has 0 unspecified atom stereocenters. The summed E-state index contributed by atoms with van der Waals surface area (Å²) in [5.41, 5.74) is 1.80. The van der Waals surface area contributed by atoms with Crippen molar-refractivity contribution in [3.05, 3.63) is 71.8 Å². The largest absolute Gasteiger partial charge is 0.465 e. The molecule has 1 heterocycles. The summed E-state index contributed by atoms with van der Waals surface area (Å²) in [6.07, 6.45) is 2.57. The van der Waals surface area contributed by atoms with E-state index in [0.29, 0.717) is 29.8 Å². The highest BCUT2D eigenvalue weighted by atomic mass is 32.2. The summed E-state index contributed by atoms with van der Waals surface area (Å²) >= 11 is 0. The molecule has 0 saturated heterocycles. The van der Waals surface area contributed by atoms with E-state index in [4.69, 9.17) is 4.18 Å². The van der Waals surface area contributed by atoms with E-state index in [2.05, 4.69) is 15.0 Å². The maximum absolute atomic E-state index is 12.9. The van der Waals surface area contributed by atoms with Crippen molar-refractivity contribution in [2.45, 2.75) is 17.7 Å². The Labute approximate surface area is 167 Å². The van der Waals surface area contributed by atoms with Crippen LogP contribution in [0.2, 0.25) is 0 Å². The lowest BCUT2D eigenvalue weighted by Gasteiger charge is -2.05. The van der Waals surface area contributed by atoms with Crippen molar-refractivity contribution in [2.75, 3.05) is 13.7 Å². The van der Waals surface area contributed by atoms with Crippen molar-refractivity contribution in [1.29, 1.82) is 0 Å². The molecule has 0 aliphatic carbocycles. The van der Waals surface area contributed by atoms with Crippen molar-refractivity contribution in [3.8, 4) is 5.69 Å². The minimum absolute atomic E-state index is 0.0413. The fraction of sp³-hybridized carbons (Fsp3) is 0.211. The molecule has 0 saturated carbocycles. The number of nitrogens with zero attached hydrogens (tertiary/aromatic N) is 3. The Morgan fingerprint density at radius 2 is 1.79 bits per heavy atom. The van der Waals surface area contributed by atoms with Crippen molar-refractivity contribution >= 4 is 16.1 Å². The van der Waals surface area contributed by atoms with Crippen LogP contribution in [-0.4, -0.2) is 43.1 Å². The lowest BCUT2D eigenvalue weighted by atomic mass is 10.2. The summed E-state index contributed by atoms with van der Waals surface area (Å²) in [5.74, 6) is -0.946. The van der Waals surface area contributed by atoms with E-state index in [1.807, 2.05) is 0 Å². The number of esters is 1. The zero-order valence-electron chi connectivity index (χ0n) is 15.5. The van der Waals surface area contributed by atoms with Gasteiger partial charge < -0.3 is 4.74 Å². The maximum atomic E-state index is 12.9. The molecule has 0 aliphatic heterocycles. The molecule has 3 aromatic rings. The molecule has 2 aromatic carbocycles. The SMILES string of the molecule is COC(=O)c1ccc(-n2cc(CCCOS(=O)(=O)c3ccc(F)cc3)nn2)cc1. The molecule has 1 aromatic heterocycles. The van der Waals surface area contributed by atoms with Gasteiger partial charge in [-0.25, -0.2) is 13.9 Å². The first-order valence-corrected chi connectivity index (χ1v) is 10.0. The number of aromatic nitrogens is 3. The standard InChI is InChI=1S/C19H18FN3O5S/c1-27-19(24)14-4-8-17(9-5-14)23-13-16(21-22-23)3-2-12-28-29(25,26)18-10-6-15(20)7-11-18/h4-11,13H,2-3,12H2,1H3. The van der Waals surface area contributed by atoms with E-state index >= 15 is 0 Å². The number of aryl methyl sites for hydroxylation is 1. The van der Waals surface area contributed by atoms with Gasteiger partial charge in [-0.3, -0.25) is 4.18 Å². The summed E-state index contributed by atoms with van der Waals surface area (Å²) in [6.45, 7) is -0.0413. The first-order chi connectivity index (χ1) is 13.9. The number of methoxy groups -OCH3 is 1.